The zero-order valence-corrected chi connectivity index (χ0v) is 11.3. The van der Waals surface area contributed by atoms with Crippen LogP contribution in [0.25, 0.3) is 6.08 Å². The van der Waals surface area contributed by atoms with Gasteiger partial charge in [0.2, 0.25) is 0 Å². The van der Waals surface area contributed by atoms with Crippen LogP contribution in [0, 0.1) is 0 Å². The Bertz CT molecular complexity index is 355. The van der Waals surface area contributed by atoms with Gasteiger partial charge in [0.25, 0.3) is 0 Å². The molecule has 0 atom stereocenters. The number of hydrogen-bond acceptors (Lipinski definition) is 2. The van der Waals surface area contributed by atoms with Crippen molar-refractivity contribution < 1.29 is 9.53 Å². The third-order valence-corrected chi connectivity index (χ3v) is 2.86. The number of carbonyl (C=O) groups is 1. The van der Waals surface area contributed by atoms with Gasteiger partial charge in [-0.2, -0.15) is 0 Å². The maximum atomic E-state index is 10.8. The molecule has 1 aromatic carbocycles. The molecule has 0 fully saturated rings. The number of ether oxygens (including phenoxy) is 1. The lowest BCUT2D eigenvalue weighted by atomic mass is 10.1. The number of halogens is 2. The number of esters is 1. The van der Waals surface area contributed by atoms with Crippen molar-refractivity contribution in [3.05, 3.63) is 41.5 Å². The van der Waals surface area contributed by atoms with Gasteiger partial charge >= 0.3 is 5.97 Å². The Morgan fingerprint density at radius 2 is 1.93 bits per heavy atom. The zero-order chi connectivity index (χ0) is 11.3. The summed E-state index contributed by atoms with van der Waals surface area (Å²) in [6, 6.07) is 7.82. The second-order valence-corrected chi connectivity index (χ2v) is 5.88. The third kappa shape index (κ3) is 4.18. The smallest absolute Gasteiger partial charge is 0.330 e. The highest BCUT2D eigenvalue weighted by molar-refractivity contribution is 9.24. The first-order chi connectivity index (χ1) is 7.13. The van der Waals surface area contributed by atoms with Crippen molar-refractivity contribution in [1.29, 1.82) is 0 Å². The fourth-order valence-corrected chi connectivity index (χ4v) is 1.60. The molecule has 0 radical (unpaired) electrons. The van der Waals surface area contributed by atoms with E-state index in [1.54, 1.807) is 6.08 Å². The average molecular weight is 334 g/mol. The molecule has 1 rings (SSSR count). The Morgan fingerprint density at radius 1 is 1.33 bits per heavy atom. The molecule has 15 heavy (non-hydrogen) atoms. The number of benzene rings is 1. The first-order valence-electron chi connectivity index (χ1n) is 4.27. The quantitative estimate of drug-likeness (QED) is 0.479. The number of alkyl halides is 2. The predicted molar refractivity (Wildman–Crippen MR) is 68.1 cm³/mol. The molecule has 0 heterocycles. The summed E-state index contributed by atoms with van der Waals surface area (Å²) in [4.78, 5) is 10.8. The van der Waals surface area contributed by atoms with Crippen LogP contribution in [-0.2, 0) is 9.53 Å². The van der Waals surface area contributed by atoms with Gasteiger partial charge in [0.15, 0.2) is 0 Å². The SMILES string of the molecule is COC(=O)/C=C/c1ccc(C(Br)Br)cc1. The summed E-state index contributed by atoms with van der Waals surface area (Å²) >= 11 is 6.81. The van der Waals surface area contributed by atoms with Gasteiger partial charge in [0.1, 0.15) is 0 Å². The number of rotatable bonds is 3. The molecule has 2 nitrogen and oxygen atoms in total. The fourth-order valence-electron chi connectivity index (χ4n) is 0.985. The Balaban J connectivity index is 2.72. The van der Waals surface area contributed by atoms with E-state index in [2.05, 4.69) is 36.6 Å². The number of methoxy groups -OCH3 is 1. The van der Waals surface area contributed by atoms with E-state index in [4.69, 9.17) is 0 Å². The third-order valence-electron chi connectivity index (χ3n) is 1.80. The lowest BCUT2D eigenvalue weighted by Crippen LogP contribution is -1.93. The molecule has 4 heteroatoms. The van der Waals surface area contributed by atoms with Crippen molar-refractivity contribution in [3.63, 3.8) is 0 Å². The van der Waals surface area contributed by atoms with Crippen molar-refractivity contribution in [2.24, 2.45) is 0 Å². The van der Waals surface area contributed by atoms with E-state index in [0.29, 0.717) is 0 Å². The van der Waals surface area contributed by atoms with Crippen molar-refractivity contribution in [2.75, 3.05) is 7.11 Å². The molecule has 0 unspecified atom stereocenters. The molecule has 0 aromatic heterocycles. The van der Waals surface area contributed by atoms with Crippen LogP contribution in [-0.4, -0.2) is 13.1 Å². The summed E-state index contributed by atoms with van der Waals surface area (Å²) in [5.74, 6) is -0.349. The van der Waals surface area contributed by atoms with Crippen molar-refractivity contribution in [1.82, 2.24) is 0 Å². The summed E-state index contributed by atoms with van der Waals surface area (Å²) < 4.78 is 4.65. The first kappa shape index (κ1) is 12.5. The van der Waals surface area contributed by atoms with Crippen LogP contribution in [0.5, 0.6) is 0 Å². The molecule has 0 bridgehead atoms. The molecule has 0 amide bonds. The van der Waals surface area contributed by atoms with E-state index in [9.17, 15) is 4.79 Å². The number of carbonyl (C=O) groups excluding carboxylic acids is 1. The van der Waals surface area contributed by atoms with Gasteiger partial charge in [-0.1, -0.05) is 56.1 Å². The summed E-state index contributed by atoms with van der Waals surface area (Å²) in [6.45, 7) is 0. The molecular formula is C11H10Br2O2. The molecule has 0 saturated carbocycles. The topological polar surface area (TPSA) is 26.3 Å². The van der Waals surface area contributed by atoms with E-state index >= 15 is 0 Å². The summed E-state index contributed by atoms with van der Waals surface area (Å²) in [5.41, 5.74) is 2.09. The van der Waals surface area contributed by atoms with Crippen LogP contribution < -0.4 is 0 Å². The number of hydrogen-bond donors (Lipinski definition) is 0. The maximum absolute atomic E-state index is 10.8. The van der Waals surface area contributed by atoms with Gasteiger partial charge in [0.05, 0.1) is 10.8 Å². The van der Waals surface area contributed by atoms with Gasteiger partial charge in [-0.3, -0.25) is 0 Å². The molecule has 0 N–H and O–H groups in total. The highest BCUT2D eigenvalue weighted by atomic mass is 79.9. The standard InChI is InChI=1S/C11H10Br2O2/c1-15-10(14)7-4-8-2-5-9(6-3-8)11(12)13/h2-7,11H,1H3/b7-4+. The molecule has 80 valence electrons. The second-order valence-electron chi connectivity index (χ2n) is 2.82. The van der Waals surface area contributed by atoms with Gasteiger partial charge in [-0.25, -0.2) is 4.79 Å². The average Bonchev–Trinajstić information content (AvgIpc) is 2.26. The van der Waals surface area contributed by atoms with Gasteiger partial charge < -0.3 is 4.74 Å². The Morgan fingerprint density at radius 3 is 2.40 bits per heavy atom. The molecule has 0 aliphatic heterocycles. The van der Waals surface area contributed by atoms with E-state index in [1.165, 1.54) is 13.2 Å². The van der Waals surface area contributed by atoms with Gasteiger partial charge in [0, 0.05) is 6.08 Å². The lowest BCUT2D eigenvalue weighted by molar-refractivity contribution is -0.134. The predicted octanol–water partition coefficient (Wildman–Crippen LogP) is 3.66. The Labute approximate surface area is 106 Å². The molecular weight excluding hydrogens is 324 g/mol. The van der Waals surface area contributed by atoms with Crippen LogP contribution in [0.3, 0.4) is 0 Å². The lowest BCUT2D eigenvalue weighted by Gasteiger charge is -2.01. The van der Waals surface area contributed by atoms with E-state index in [0.717, 1.165) is 11.1 Å². The normalized spacial score (nSPS) is 10.9. The zero-order valence-electron chi connectivity index (χ0n) is 8.11. The monoisotopic (exact) mass is 332 g/mol. The Kier molecular flexibility index (Phi) is 5.05. The van der Waals surface area contributed by atoms with Crippen molar-refractivity contribution >= 4 is 43.9 Å². The van der Waals surface area contributed by atoms with E-state index in [-0.39, 0.29) is 9.71 Å². The van der Waals surface area contributed by atoms with Crippen LogP contribution in [0.1, 0.15) is 14.9 Å². The highest BCUT2D eigenvalue weighted by Crippen LogP contribution is 2.28. The van der Waals surface area contributed by atoms with Gasteiger partial charge in [-0.15, -0.1) is 0 Å². The molecule has 0 aliphatic rings. The summed E-state index contributed by atoms with van der Waals surface area (Å²) in [5, 5.41) is 0. The molecule has 0 spiro atoms. The summed E-state index contributed by atoms with van der Waals surface area (Å²) in [7, 11) is 1.36. The largest absolute Gasteiger partial charge is 0.466 e. The van der Waals surface area contributed by atoms with Crippen molar-refractivity contribution in [3.8, 4) is 0 Å². The minimum Gasteiger partial charge on any atom is -0.466 e. The second kappa shape index (κ2) is 6.08. The van der Waals surface area contributed by atoms with E-state index < -0.39 is 0 Å². The van der Waals surface area contributed by atoms with Crippen LogP contribution in [0.2, 0.25) is 0 Å². The fraction of sp³-hybridized carbons (Fsp3) is 0.182. The summed E-state index contributed by atoms with van der Waals surface area (Å²) in [6.07, 6.45) is 3.11. The minimum atomic E-state index is -0.349. The first-order valence-corrected chi connectivity index (χ1v) is 6.11. The highest BCUT2D eigenvalue weighted by Gasteiger charge is 2.00. The van der Waals surface area contributed by atoms with Crippen LogP contribution in [0.4, 0.5) is 0 Å². The molecule has 0 aliphatic carbocycles. The van der Waals surface area contributed by atoms with Crippen LogP contribution in [0.15, 0.2) is 30.3 Å². The van der Waals surface area contributed by atoms with Crippen molar-refractivity contribution in [2.45, 2.75) is 3.74 Å². The molecule has 1 aromatic rings. The van der Waals surface area contributed by atoms with Gasteiger partial charge in [-0.05, 0) is 17.2 Å². The minimum absolute atomic E-state index is 0.156. The molecule has 0 saturated heterocycles. The van der Waals surface area contributed by atoms with Crippen LogP contribution >= 0.6 is 31.9 Å². The maximum Gasteiger partial charge on any atom is 0.330 e. The Hall–Kier alpha value is -0.610. The van der Waals surface area contributed by atoms with E-state index in [1.807, 2.05) is 24.3 Å².